The van der Waals surface area contributed by atoms with Crippen LogP contribution in [0.25, 0.3) is 0 Å². The van der Waals surface area contributed by atoms with E-state index in [2.05, 4.69) is 10.0 Å². The highest BCUT2D eigenvalue weighted by Gasteiger charge is 2.29. The first-order valence-electron chi connectivity index (χ1n) is 6.47. The van der Waals surface area contributed by atoms with E-state index in [9.17, 15) is 13.2 Å². The van der Waals surface area contributed by atoms with E-state index in [0.717, 1.165) is 6.42 Å². The number of ether oxygens (including phenoxy) is 1. The summed E-state index contributed by atoms with van der Waals surface area (Å²) in [7, 11) is -3.34. The minimum Gasteiger partial charge on any atom is -0.364 e. The SMILES string of the molecule is CC(C)NS(=O)(=O)CCNC(=O)[C@@H]1CC[C@H](CN)O1.Cl. The number of nitrogens with two attached hydrogens (primary N) is 1. The predicted molar refractivity (Wildman–Crippen MR) is 79.3 cm³/mol. The van der Waals surface area contributed by atoms with Crippen molar-refractivity contribution in [1.29, 1.82) is 0 Å². The van der Waals surface area contributed by atoms with Crippen molar-refractivity contribution in [3.05, 3.63) is 0 Å². The third-order valence-electron chi connectivity index (χ3n) is 2.75. The van der Waals surface area contributed by atoms with Crippen molar-refractivity contribution in [2.24, 2.45) is 5.73 Å². The molecule has 120 valence electrons. The molecule has 1 saturated heterocycles. The molecule has 0 saturated carbocycles. The first-order chi connectivity index (χ1) is 8.84. The zero-order valence-electron chi connectivity index (χ0n) is 11.8. The summed E-state index contributed by atoms with van der Waals surface area (Å²) in [6, 6.07) is -0.149. The van der Waals surface area contributed by atoms with Gasteiger partial charge in [0.05, 0.1) is 11.9 Å². The number of rotatable bonds is 7. The van der Waals surface area contributed by atoms with E-state index in [1.807, 2.05) is 0 Å². The first kappa shape index (κ1) is 19.6. The fourth-order valence-corrected chi connectivity index (χ4v) is 3.12. The summed E-state index contributed by atoms with van der Waals surface area (Å²) in [5.41, 5.74) is 5.46. The molecule has 0 unspecified atom stereocenters. The van der Waals surface area contributed by atoms with E-state index >= 15 is 0 Å². The number of halogens is 1. The van der Waals surface area contributed by atoms with E-state index in [-0.39, 0.29) is 42.8 Å². The fourth-order valence-electron chi connectivity index (χ4n) is 1.91. The molecule has 7 nitrogen and oxygen atoms in total. The Bertz CT molecular complexity index is 402. The van der Waals surface area contributed by atoms with Gasteiger partial charge in [0.15, 0.2) is 0 Å². The van der Waals surface area contributed by atoms with E-state index in [0.29, 0.717) is 13.0 Å². The van der Waals surface area contributed by atoms with E-state index in [4.69, 9.17) is 10.5 Å². The van der Waals surface area contributed by atoms with Crippen LogP contribution in [0.15, 0.2) is 0 Å². The van der Waals surface area contributed by atoms with Gasteiger partial charge in [0, 0.05) is 19.1 Å². The lowest BCUT2D eigenvalue weighted by molar-refractivity contribution is -0.131. The molecule has 20 heavy (non-hydrogen) atoms. The van der Waals surface area contributed by atoms with Crippen LogP contribution >= 0.6 is 12.4 Å². The first-order valence-corrected chi connectivity index (χ1v) is 8.12. The van der Waals surface area contributed by atoms with Gasteiger partial charge in [0.25, 0.3) is 0 Å². The Kier molecular flexibility index (Phi) is 8.60. The molecular weight excluding hydrogens is 306 g/mol. The molecule has 0 aromatic carbocycles. The average molecular weight is 330 g/mol. The molecule has 1 rings (SSSR count). The van der Waals surface area contributed by atoms with Crippen LogP contribution in [0.1, 0.15) is 26.7 Å². The molecule has 0 bridgehead atoms. The van der Waals surface area contributed by atoms with Gasteiger partial charge in [-0.3, -0.25) is 4.79 Å². The zero-order valence-corrected chi connectivity index (χ0v) is 13.4. The van der Waals surface area contributed by atoms with Gasteiger partial charge in [0.1, 0.15) is 6.10 Å². The van der Waals surface area contributed by atoms with Gasteiger partial charge in [0.2, 0.25) is 15.9 Å². The van der Waals surface area contributed by atoms with Crippen LogP contribution in [-0.2, 0) is 19.6 Å². The van der Waals surface area contributed by atoms with E-state index in [1.165, 1.54) is 0 Å². The second-order valence-corrected chi connectivity index (χ2v) is 6.82. The van der Waals surface area contributed by atoms with Gasteiger partial charge in [-0.15, -0.1) is 12.4 Å². The van der Waals surface area contributed by atoms with Crippen LogP contribution in [0.4, 0.5) is 0 Å². The zero-order chi connectivity index (χ0) is 14.5. The van der Waals surface area contributed by atoms with Crippen molar-refractivity contribution in [3.8, 4) is 0 Å². The maximum atomic E-state index is 11.7. The largest absolute Gasteiger partial charge is 0.364 e. The highest BCUT2D eigenvalue weighted by atomic mass is 35.5. The smallest absolute Gasteiger partial charge is 0.249 e. The van der Waals surface area contributed by atoms with Crippen LogP contribution in [0.3, 0.4) is 0 Å². The Balaban J connectivity index is 0.00000361. The molecule has 2 atom stereocenters. The Hall–Kier alpha value is -0.410. The summed E-state index contributed by atoms with van der Waals surface area (Å²) in [5, 5.41) is 2.57. The molecule has 1 amide bonds. The van der Waals surface area contributed by atoms with Crippen LogP contribution in [0.5, 0.6) is 0 Å². The average Bonchev–Trinajstić information content (AvgIpc) is 2.75. The molecule has 0 aliphatic carbocycles. The summed E-state index contributed by atoms with van der Waals surface area (Å²) in [4.78, 5) is 11.7. The lowest BCUT2D eigenvalue weighted by Crippen LogP contribution is -2.40. The van der Waals surface area contributed by atoms with Crippen molar-refractivity contribution in [3.63, 3.8) is 0 Å². The lowest BCUT2D eigenvalue weighted by Gasteiger charge is -2.13. The maximum Gasteiger partial charge on any atom is 0.249 e. The van der Waals surface area contributed by atoms with Crippen LogP contribution in [0, 0.1) is 0 Å². The molecule has 1 heterocycles. The van der Waals surface area contributed by atoms with Crippen LogP contribution in [0.2, 0.25) is 0 Å². The summed E-state index contributed by atoms with van der Waals surface area (Å²) >= 11 is 0. The number of hydrogen-bond donors (Lipinski definition) is 3. The van der Waals surface area contributed by atoms with Gasteiger partial charge in [-0.1, -0.05) is 0 Å². The van der Waals surface area contributed by atoms with Crippen molar-refractivity contribution < 1.29 is 17.9 Å². The number of nitrogens with one attached hydrogen (secondary N) is 2. The second kappa shape index (κ2) is 8.78. The Morgan fingerprint density at radius 2 is 2.05 bits per heavy atom. The fraction of sp³-hybridized carbons (Fsp3) is 0.909. The predicted octanol–water partition coefficient (Wildman–Crippen LogP) is -0.641. The molecule has 0 radical (unpaired) electrons. The Morgan fingerprint density at radius 1 is 1.40 bits per heavy atom. The van der Waals surface area contributed by atoms with Crippen molar-refractivity contribution in [2.75, 3.05) is 18.8 Å². The second-order valence-electron chi connectivity index (χ2n) is 4.94. The lowest BCUT2D eigenvalue weighted by atomic mass is 10.2. The highest BCUT2D eigenvalue weighted by molar-refractivity contribution is 7.89. The summed E-state index contributed by atoms with van der Waals surface area (Å²) in [5.74, 6) is -0.403. The molecule has 1 aliphatic heterocycles. The topological polar surface area (TPSA) is 111 Å². The maximum absolute atomic E-state index is 11.7. The minimum absolute atomic E-state index is 0. The van der Waals surface area contributed by atoms with E-state index < -0.39 is 16.1 Å². The van der Waals surface area contributed by atoms with Crippen molar-refractivity contribution in [2.45, 2.75) is 44.9 Å². The highest BCUT2D eigenvalue weighted by Crippen LogP contribution is 2.18. The van der Waals surface area contributed by atoms with Gasteiger partial charge in [-0.25, -0.2) is 13.1 Å². The third-order valence-corrected chi connectivity index (χ3v) is 4.32. The standard InChI is InChI=1S/C11H23N3O4S.ClH/c1-8(2)14-19(16,17)6-5-13-11(15)10-4-3-9(7-12)18-10;/h8-10,14H,3-7,12H2,1-2H3,(H,13,15);1H/t9-,10+;/m1./s1. The van der Waals surface area contributed by atoms with Crippen molar-refractivity contribution >= 4 is 28.3 Å². The molecule has 0 aromatic rings. The van der Waals surface area contributed by atoms with Crippen LogP contribution < -0.4 is 15.8 Å². The van der Waals surface area contributed by atoms with Gasteiger partial charge in [-0.2, -0.15) is 0 Å². The summed E-state index contributed by atoms with van der Waals surface area (Å²) < 4.78 is 30.9. The molecule has 1 fully saturated rings. The summed E-state index contributed by atoms with van der Waals surface area (Å²) in [6.45, 7) is 3.97. The minimum atomic E-state index is -3.34. The van der Waals surface area contributed by atoms with Crippen molar-refractivity contribution in [1.82, 2.24) is 10.0 Å². The monoisotopic (exact) mass is 329 g/mol. The molecular formula is C11H24ClN3O4S. The van der Waals surface area contributed by atoms with Gasteiger partial charge in [-0.05, 0) is 26.7 Å². The van der Waals surface area contributed by atoms with E-state index in [1.54, 1.807) is 13.8 Å². The van der Waals surface area contributed by atoms with Gasteiger partial charge < -0.3 is 15.8 Å². The Labute approximate surface area is 126 Å². The molecule has 1 aliphatic rings. The number of amides is 1. The molecule has 0 spiro atoms. The Morgan fingerprint density at radius 3 is 2.55 bits per heavy atom. The normalized spacial score (nSPS) is 22.6. The number of carbonyl (C=O) groups is 1. The third kappa shape index (κ3) is 6.85. The number of sulfonamides is 1. The van der Waals surface area contributed by atoms with Gasteiger partial charge >= 0.3 is 0 Å². The molecule has 4 N–H and O–H groups in total. The number of carbonyl (C=O) groups excluding carboxylic acids is 1. The summed E-state index contributed by atoms with van der Waals surface area (Å²) in [6.07, 6.45) is 0.823. The van der Waals surface area contributed by atoms with Crippen LogP contribution in [-0.4, -0.2) is 51.4 Å². The quantitative estimate of drug-likeness (QED) is 0.575. The molecule has 9 heteroatoms. The number of hydrogen-bond acceptors (Lipinski definition) is 5. The molecule has 0 aromatic heterocycles.